The van der Waals surface area contributed by atoms with Gasteiger partial charge in [0.15, 0.2) is 0 Å². The van der Waals surface area contributed by atoms with Crippen molar-refractivity contribution in [1.82, 2.24) is 4.90 Å². The fraction of sp³-hybridized carbons (Fsp3) is 0.500. The molecule has 5 rings (SSSR count). The number of aromatic hydroxyl groups is 1. The molecule has 6 nitrogen and oxygen atoms in total. The number of anilines is 1. The summed E-state index contributed by atoms with van der Waals surface area (Å²) in [4.78, 5) is 27.5. The number of carbonyl (C=O) groups excluding carboxylic acids is 2. The largest absolute Gasteiger partial charge is 0.506 e. The van der Waals surface area contributed by atoms with Crippen molar-refractivity contribution in [1.29, 1.82) is 0 Å². The summed E-state index contributed by atoms with van der Waals surface area (Å²) >= 11 is 0. The zero-order chi connectivity index (χ0) is 18.2. The van der Waals surface area contributed by atoms with Crippen molar-refractivity contribution in [2.24, 2.45) is 11.8 Å². The highest BCUT2D eigenvalue weighted by molar-refractivity contribution is 5.95. The summed E-state index contributed by atoms with van der Waals surface area (Å²) in [5, 5.41) is 13.8. The molecule has 0 radical (unpaired) electrons. The molecule has 26 heavy (non-hydrogen) atoms. The van der Waals surface area contributed by atoms with Crippen LogP contribution in [0.2, 0.25) is 0 Å². The average molecular weight is 354 g/mol. The first-order valence-corrected chi connectivity index (χ1v) is 9.16. The Morgan fingerprint density at radius 3 is 2.92 bits per heavy atom. The number of fused-ring (bicyclic) bond motifs is 2. The molecule has 2 fully saturated rings. The molecule has 136 valence electrons. The van der Waals surface area contributed by atoms with Crippen LogP contribution < -0.4 is 5.32 Å². The van der Waals surface area contributed by atoms with Gasteiger partial charge in [-0.3, -0.25) is 9.69 Å². The molecule has 0 saturated carbocycles. The van der Waals surface area contributed by atoms with Gasteiger partial charge in [0, 0.05) is 30.1 Å². The topological polar surface area (TPSA) is 78.9 Å². The summed E-state index contributed by atoms with van der Waals surface area (Å²) in [5.74, 6) is -0.379. The van der Waals surface area contributed by atoms with E-state index in [4.69, 9.17) is 4.74 Å². The normalized spacial score (nSPS) is 34.2. The van der Waals surface area contributed by atoms with Crippen molar-refractivity contribution in [3.05, 3.63) is 35.0 Å². The van der Waals surface area contributed by atoms with E-state index in [1.807, 2.05) is 12.1 Å². The lowest BCUT2D eigenvalue weighted by molar-refractivity contribution is -0.138. The van der Waals surface area contributed by atoms with Crippen molar-refractivity contribution in [3.63, 3.8) is 0 Å². The van der Waals surface area contributed by atoms with E-state index in [0.717, 1.165) is 30.6 Å². The molecule has 4 atom stereocenters. The molecule has 2 N–H and O–H groups in total. The number of rotatable bonds is 2. The third-order valence-corrected chi connectivity index (χ3v) is 6.98. The summed E-state index contributed by atoms with van der Waals surface area (Å²) in [6.45, 7) is 3.19. The van der Waals surface area contributed by atoms with Gasteiger partial charge in [-0.15, -0.1) is 0 Å². The Kier molecular flexibility index (Phi) is 3.11. The SMILES string of the molecule is COC(=O)C1=C2Nc3c(O)cccc3[C@]23CCN2C[C@@H](C(C)=O)[C@H]1C[C@@H]23. The quantitative estimate of drug-likeness (QED) is 0.623. The van der Waals surface area contributed by atoms with E-state index in [1.165, 1.54) is 7.11 Å². The van der Waals surface area contributed by atoms with Crippen LogP contribution >= 0.6 is 0 Å². The van der Waals surface area contributed by atoms with Gasteiger partial charge in [0.25, 0.3) is 0 Å². The van der Waals surface area contributed by atoms with Crippen molar-refractivity contribution in [3.8, 4) is 5.75 Å². The van der Waals surface area contributed by atoms with Gasteiger partial charge in [0.1, 0.15) is 11.5 Å². The van der Waals surface area contributed by atoms with Crippen LogP contribution in [0.3, 0.4) is 0 Å². The van der Waals surface area contributed by atoms with Crippen LogP contribution in [0.25, 0.3) is 0 Å². The molecule has 0 unspecified atom stereocenters. The first-order chi connectivity index (χ1) is 12.5. The fourth-order valence-electron chi connectivity index (χ4n) is 5.92. The predicted octanol–water partition coefficient (Wildman–Crippen LogP) is 1.80. The molecule has 1 aromatic carbocycles. The van der Waals surface area contributed by atoms with Crippen LogP contribution in [0.15, 0.2) is 29.5 Å². The van der Waals surface area contributed by atoms with Crippen LogP contribution in [0.4, 0.5) is 5.69 Å². The van der Waals surface area contributed by atoms with Crippen molar-refractivity contribution >= 4 is 17.4 Å². The van der Waals surface area contributed by atoms with Crippen LogP contribution in [0, 0.1) is 11.8 Å². The minimum absolute atomic E-state index is 0.119. The number of ether oxygens (including phenoxy) is 1. The third-order valence-electron chi connectivity index (χ3n) is 6.98. The van der Waals surface area contributed by atoms with Gasteiger partial charge in [0.2, 0.25) is 0 Å². The van der Waals surface area contributed by atoms with E-state index in [1.54, 1.807) is 13.0 Å². The fourth-order valence-corrected chi connectivity index (χ4v) is 5.92. The highest BCUT2D eigenvalue weighted by Gasteiger charge is 2.63. The molecular weight excluding hydrogens is 332 g/mol. The zero-order valence-electron chi connectivity index (χ0n) is 14.9. The smallest absolute Gasteiger partial charge is 0.335 e. The van der Waals surface area contributed by atoms with Crippen LogP contribution in [-0.4, -0.2) is 48.0 Å². The Morgan fingerprint density at radius 2 is 2.19 bits per heavy atom. The van der Waals surface area contributed by atoms with Gasteiger partial charge >= 0.3 is 5.97 Å². The van der Waals surface area contributed by atoms with Gasteiger partial charge < -0.3 is 15.2 Å². The van der Waals surface area contributed by atoms with Crippen LogP contribution in [0.1, 0.15) is 25.3 Å². The molecule has 0 aromatic heterocycles. The molecule has 2 saturated heterocycles. The van der Waals surface area contributed by atoms with E-state index in [2.05, 4.69) is 10.2 Å². The summed E-state index contributed by atoms with van der Waals surface area (Å²) in [6, 6.07) is 5.81. The zero-order valence-corrected chi connectivity index (χ0v) is 14.9. The number of hydrogen-bond acceptors (Lipinski definition) is 6. The average Bonchev–Trinajstić information content (AvgIpc) is 3.18. The van der Waals surface area contributed by atoms with Gasteiger partial charge in [-0.05, 0) is 37.9 Å². The Bertz CT molecular complexity index is 877. The number of methoxy groups -OCH3 is 1. The molecule has 3 heterocycles. The second-order valence-electron chi connectivity index (χ2n) is 7.90. The van der Waals surface area contributed by atoms with Gasteiger partial charge in [-0.1, -0.05) is 12.1 Å². The van der Waals surface area contributed by atoms with Crippen molar-refractivity contribution in [2.75, 3.05) is 25.5 Å². The molecule has 3 aliphatic heterocycles. The number of ketones is 1. The highest BCUT2D eigenvalue weighted by atomic mass is 16.5. The summed E-state index contributed by atoms with van der Waals surface area (Å²) in [5.41, 5.74) is 2.87. The molecule has 6 heteroatoms. The predicted molar refractivity (Wildman–Crippen MR) is 94.7 cm³/mol. The third kappa shape index (κ3) is 1.70. The highest BCUT2D eigenvalue weighted by Crippen LogP contribution is 2.62. The Hall–Kier alpha value is -2.34. The maximum atomic E-state index is 12.8. The minimum Gasteiger partial charge on any atom is -0.506 e. The maximum absolute atomic E-state index is 12.8. The number of Topliss-reactive ketones (excluding diaryl/α,β-unsaturated/α-hetero) is 1. The molecule has 1 aliphatic carbocycles. The molecule has 4 aliphatic rings. The lowest BCUT2D eigenvalue weighted by Crippen LogP contribution is -2.56. The molecule has 2 bridgehead atoms. The molecule has 1 aromatic rings. The van der Waals surface area contributed by atoms with Crippen molar-refractivity contribution < 1.29 is 19.4 Å². The number of para-hydroxylation sites is 1. The lowest BCUT2D eigenvalue weighted by Gasteiger charge is -2.50. The summed E-state index contributed by atoms with van der Waals surface area (Å²) < 4.78 is 5.13. The monoisotopic (exact) mass is 354 g/mol. The maximum Gasteiger partial charge on any atom is 0.335 e. The lowest BCUT2D eigenvalue weighted by atomic mass is 9.60. The second-order valence-corrected chi connectivity index (χ2v) is 7.90. The summed E-state index contributed by atoms with van der Waals surface area (Å²) in [6.07, 6.45) is 1.64. The van der Waals surface area contributed by atoms with Crippen LogP contribution in [-0.2, 0) is 19.7 Å². The first kappa shape index (κ1) is 15.9. The summed E-state index contributed by atoms with van der Waals surface area (Å²) in [7, 11) is 1.39. The van der Waals surface area contributed by atoms with E-state index in [0.29, 0.717) is 17.8 Å². The molecule has 1 spiro atoms. The Balaban J connectivity index is 1.80. The van der Waals surface area contributed by atoms with E-state index < -0.39 is 0 Å². The number of nitrogens with one attached hydrogen (secondary N) is 1. The van der Waals surface area contributed by atoms with Crippen molar-refractivity contribution in [2.45, 2.75) is 31.2 Å². The van der Waals surface area contributed by atoms with Crippen LogP contribution in [0.5, 0.6) is 5.75 Å². The number of hydrogen-bond donors (Lipinski definition) is 2. The van der Waals surface area contributed by atoms with Gasteiger partial charge in [-0.2, -0.15) is 0 Å². The van der Waals surface area contributed by atoms with Gasteiger partial charge in [0.05, 0.1) is 23.8 Å². The number of esters is 1. The second kappa shape index (κ2) is 5.10. The van der Waals surface area contributed by atoms with E-state index in [-0.39, 0.29) is 40.8 Å². The van der Waals surface area contributed by atoms with E-state index >= 15 is 0 Å². The minimum atomic E-state index is -0.366. The number of phenols is 1. The molecular formula is C20H22N2O4. The number of piperidine rings is 1. The first-order valence-electron chi connectivity index (χ1n) is 9.16. The number of carbonyl (C=O) groups is 2. The number of phenolic OH excluding ortho intramolecular Hbond substituents is 1. The number of nitrogens with zero attached hydrogens (tertiary/aromatic N) is 1. The molecule has 0 amide bonds. The standard InChI is InChI=1S/C20H22N2O4/c1-10(23)12-9-22-7-6-20-13-4-3-5-14(24)17(13)21-18(20)16(19(25)26-2)11(12)8-15(20)22/h3-5,11-12,15,21,24H,6-9H2,1-2H3/t11-,12+,15-,20+/m1/s1. The van der Waals surface area contributed by atoms with E-state index in [9.17, 15) is 14.7 Å². The number of benzene rings is 1. The Labute approximate surface area is 151 Å². The Morgan fingerprint density at radius 1 is 1.38 bits per heavy atom. The van der Waals surface area contributed by atoms with Gasteiger partial charge in [-0.25, -0.2) is 4.79 Å².